The van der Waals surface area contributed by atoms with Crippen LogP contribution >= 0.6 is 11.8 Å². The number of methoxy groups -OCH3 is 1. The molecule has 4 heteroatoms. The number of hydrogen-bond donors (Lipinski definition) is 0. The van der Waals surface area contributed by atoms with Gasteiger partial charge < -0.3 is 9.64 Å². The molecule has 3 nitrogen and oxygen atoms in total. The molecule has 0 bridgehead atoms. The smallest absolute Gasteiger partial charge is 0.245 e. The van der Waals surface area contributed by atoms with Crippen LogP contribution in [0.1, 0.15) is 6.92 Å². The molecule has 1 fully saturated rings. The van der Waals surface area contributed by atoms with Crippen molar-refractivity contribution in [2.75, 3.05) is 18.6 Å². The molecular formula is C17H17NO2S. The van der Waals surface area contributed by atoms with Crippen molar-refractivity contribution in [1.82, 2.24) is 0 Å². The summed E-state index contributed by atoms with van der Waals surface area (Å²) >= 11 is 1.63. The van der Waals surface area contributed by atoms with Crippen LogP contribution in [0.2, 0.25) is 0 Å². The van der Waals surface area contributed by atoms with Crippen molar-refractivity contribution in [3.05, 3.63) is 54.6 Å². The zero-order chi connectivity index (χ0) is 14.9. The molecule has 1 aliphatic rings. The largest absolute Gasteiger partial charge is 0.497 e. The summed E-state index contributed by atoms with van der Waals surface area (Å²) < 4.78 is 4.77. The van der Waals surface area contributed by atoms with Crippen LogP contribution in [-0.2, 0) is 4.79 Å². The van der Waals surface area contributed by atoms with Crippen molar-refractivity contribution in [1.29, 1.82) is 0 Å². The maximum absolute atomic E-state index is 12.5. The van der Waals surface area contributed by atoms with Gasteiger partial charge in [-0.05, 0) is 43.3 Å². The van der Waals surface area contributed by atoms with Crippen molar-refractivity contribution >= 4 is 23.4 Å². The highest BCUT2D eigenvalue weighted by atomic mass is 32.2. The first-order chi connectivity index (χ1) is 10.1. The molecule has 0 radical (unpaired) electrons. The lowest BCUT2D eigenvalue weighted by Gasteiger charge is -2.46. The number of rotatable bonds is 4. The van der Waals surface area contributed by atoms with E-state index < -0.39 is 0 Å². The predicted octanol–water partition coefficient (Wildman–Crippen LogP) is 3.59. The lowest BCUT2D eigenvalue weighted by atomic mass is 9.99. The molecule has 1 saturated heterocycles. The third-order valence-corrected chi connectivity index (χ3v) is 4.89. The van der Waals surface area contributed by atoms with Crippen LogP contribution in [0.3, 0.4) is 0 Å². The summed E-state index contributed by atoms with van der Waals surface area (Å²) in [6.07, 6.45) is 0. The van der Waals surface area contributed by atoms with Crippen molar-refractivity contribution in [2.45, 2.75) is 16.6 Å². The minimum atomic E-state index is -0.374. The molecule has 0 spiro atoms. The summed E-state index contributed by atoms with van der Waals surface area (Å²) in [4.78, 5) is 15.5. The second kappa shape index (κ2) is 5.45. The van der Waals surface area contributed by atoms with E-state index in [1.165, 1.54) is 0 Å². The van der Waals surface area contributed by atoms with Gasteiger partial charge in [-0.25, -0.2) is 0 Å². The summed E-state index contributed by atoms with van der Waals surface area (Å²) in [7, 11) is 1.64. The lowest BCUT2D eigenvalue weighted by Crippen LogP contribution is -2.63. The molecule has 108 valence electrons. The SMILES string of the molecule is COc1ccc(N2CC(C)(Sc3ccccc3)C2=O)cc1. The second-order valence-corrected chi connectivity index (χ2v) is 6.81. The fourth-order valence-electron chi connectivity index (χ4n) is 2.43. The highest BCUT2D eigenvalue weighted by Gasteiger charge is 2.49. The Morgan fingerprint density at radius 1 is 1.10 bits per heavy atom. The molecule has 1 atom stereocenters. The first kappa shape index (κ1) is 14.0. The van der Waals surface area contributed by atoms with Crippen LogP contribution < -0.4 is 9.64 Å². The standard InChI is InChI=1S/C17H17NO2S/c1-17(21-15-6-4-3-5-7-15)12-18(16(17)19)13-8-10-14(20-2)11-9-13/h3-11H,12H2,1-2H3. The molecule has 0 aliphatic carbocycles. The molecule has 1 aliphatic heterocycles. The molecule has 0 N–H and O–H groups in total. The van der Waals surface area contributed by atoms with Gasteiger partial charge in [-0.1, -0.05) is 18.2 Å². The van der Waals surface area contributed by atoms with E-state index in [1.54, 1.807) is 18.9 Å². The molecule has 0 saturated carbocycles. The minimum Gasteiger partial charge on any atom is -0.497 e. The Kier molecular flexibility index (Phi) is 3.64. The Bertz CT molecular complexity index is 642. The maximum Gasteiger partial charge on any atom is 0.245 e. The second-order valence-electron chi connectivity index (χ2n) is 5.24. The molecular weight excluding hydrogens is 282 g/mol. The summed E-state index contributed by atoms with van der Waals surface area (Å²) in [6, 6.07) is 17.7. The van der Waals surface area contributed by atoms with E-state index in [0.29, 0.717) is 0 Å². The van der Waals surface area contributed by atoms with Gasteiger partial charge in [0.15, 0.2) is 0 Å². The fourth-order valence-corrected chi connectivity index (χ4v) is 3.64. The summed E-state index contributed by atoms with van der Waals surface area (Å²) in [5, 5.41) is 0. The van der Waals surface area contributed by atoms with Crippen LogP contribution in [0.15, 0.2) is 59.5 Å². The highest BCUT2D eigenvalue weighted by molar-refractivity contribution is 8.01. The van der Waals surface area contributed by atoms with Crippen LogP contribution in [-0.4, -0.2) is 24.3 Å². The summed E-state index contributed by atoms with van der Waals surface area (Å²) in [6.45, 7) is 2.73. The monoisotopic (exact) mass is 299 g/mol. The number of carbonyl (C=O) groups excluding carboxylic acids is 1. The van der Waals surface area contributed by atoms with Gasteiger partial charge in [-0.2, -0.15) is 0 Å². The number of anilines is 1. The Balaban J connectivity index is 1.71. The van der Waals surface area contributed by atoms with Crippen molar-refractivity contribution in [3.63, 3.8) is 0 Å². The van der Waals surface area contributed by atoms with E-state index in [2.05, 4.69) is 0 Å². The third kappa shape index (κ3) is 2.63. The molecule has 1 unspecified atom stereocenters. The van der Waals surface area contributed by atoms with Gasteiger partial charge in [0.2, 0.25) is 5.91 Å². The molecule has 2 aromatic rings. The minimum absolute atomic E-state index is 0.154. The van der Waals surface area contributed by atoms with E-state index in [4.69, 9.17) is 4.74 Å². The van der Waals surface area contributed by atoms with Crippen LogP contribution in [0.25, 0.3) is 0 Å². The van der Waals surface area contributed by atoms with E-state index >= 15 is 0 Å². The quantitative estimate of drug-likeness (QED) is 0.808. The first-order valence-corrected chi connectivity index (χ1v) is 7.64. The van der Waals surface area contributed by atoms with E-state index in [-0.39, 0.29) is 10.7 Å². The van der Waals surface area contributed by atoms with E-state index in [0.717, 1.165) is 22.9 Å². The zero-order valence-corrected chi connectivity index (χ0v) is 12.9. The number of β-lactam (4-membered cyclic amide) rings is 1. The van der Waals surface area contributed by atoms with Crippen molar-refractivity contribution in [2.24, 2.45) is 0 Å². The normalized spacial score (nSPS) is 21.0. The fraction of sp³-hybridized carbons (Fsp3) is 0.235. The Labute approximate surface area is 128 Å². The zero-order valence-electron chi connectivity index (χ0n) is 12.1. The number of hydrogen-bond acceptors (Lipinski definition) is 3. The topological polar surface area (TPSA) is 29.5 Å². The molecule has 0 aromatic heterocycles. The molecule has 2 aromatic carbocycles. The average molecular weight is 299 g/mol. The molecule has 3 rings (SSSR count). The number of amides is 1. The molecule has 1 heterocycles. The first-order valence-electron chi connectivity index (χ1n) is 6.82. The summed E-state index contributed by atoms with van der Waals surface area (Å²) in [5.41, 5.74) is 0.923. The van der Waals surface area contributed by atoms with Crippen molar-refractivity contribution < 1.29 is 9.53 Å². The number of benzene rings is 2. The third-order valence-electron chi connectivity index (χ3n) is 3.63. The number of carbonyl (C=O) groups is 1. The van der Waals surface area contributed by atoms with Gasteiger partial charge in [-0.3, -0.25) is 4.79 Å². The van der Waals surface area contributed by atoms with E-state index in [1.807, 2.05) is 66.4 Å². The number of thioether (sulfide) groups is 1. The van der Waals surface area contributed by atoms with Crippen LogP contribution in [0.4, 0.5) is 5.69 Å². The number of nitrogens with zero attached hydrogens (tertiary/aromatic N) is 1. The van der Waals surface area contributed by atoms with Gasteiger partial charge in [0.05, 0.1) is 7.11 Å². The van der Waals surface area contributed by atoms with E-state index in [9.17, 15) is 4.79 Å². The van der Waals surface area contributed by atoms with Gasteiger partial charge in [0.25, 0.3) is 0 Å². The Morgan fingerprint density at radius 2 is 1.76 bits per heavy atom. The number of ether oxygens (including phenoxy) is 1. The average Bonchev–Trinajstić information content (AvgIpc) is 2.53. The van der Waals surface area contributed by atoms with Gasteiger partial charge in [-0.15, -0.1) is 11.8 Å². The van der Waals surface area contributed by atoms with Gasteiger partial charge >= 0.3 is 0 Å². The molecule has 21 heavy (non-hydrogen) atoms. The summed E-state index contributed by atoms with van der Waals surface area (Å²) in [5.74, 6) is 0.953. The highest BCUT2D eigenvalue weighted by Crippen LogP contribution is 2.43. The van der Waals surface area contributed by atoms with Crippen LogP contribution in [0.5, 0.6) is 5.75 Å². The van der Waals surface area contributed by atoms with Crippen molar-refractivity contribution in [3.8, 4) is 5.75 Å². The van der Waals surface area contributed by atoms with Gasteiger partial charge in [0, 0.05) is 17.1 Å². The molecule has 1 amide bonds. The lowest BCUT2D eigenvalue weighted by molar-refractivity contribution is -0.124. The Morgan fingerprint density at radius 3 is 2.33 bits per heavy atom. The van der Waals surface area contributed by atoms with Crippen LogP contribution in [0, 0.1) is 0 Å². The Hall–Kier alpha value is -1.94. The van der Waals surface area contributed by atoms with Gasteiger partial charge in [0.1, 0.15) is 10.5 Å². The maximum atomic E-state index is 12.5. The predicted molar refractivity (Wildman–Crippen MR) is 86.1 cm³/mol.